The molecule has 0 radical (unpaired) electrons. The van der Waals surface area contributed by atoms with Gasteiger partial charge in [-0.1, -0.05) is 23.4 Å². The molecule has 0 unspecified atom stereocenters. The van der Waals surface area contributed by atoms with Gasteiger partial charge in [0.05, 0.1) is 12.9 Å². The van der Waals surface area contributed by atoms with Gasteiger partial charge < -0.3 is 35.5 Å². The van der Waals surface area contributed by atoms with Crippen molar-refractivity contribution in [1.29, 1.82) is 0 Å². The number of esters is 1. The Labute approximate surface area is 258 Å². The van der Waals surface area contributed by atoms with Gasteiger partial charge in [0.1, 0.15) is 23.7 Å². The summed E-state index contributed by atoms with van der Waals surface area (Å²) in [6.45, 7) is 3.39. The lowest BCUT2D eigenvalue weighted by atomic mass is 10.0. The van der Waals surface area contributed by atoms with Crippen LogP contribution >= 0.6 is 0 Å². The first-order valence-corrected chi connectivity index (χ1v) is 14.1. The zero-order chi connectivity index (χ0) is 32.9. The Balaban J connectivity index is 1.91. The van der Waals surface area contributed by atoms with Gasteiger partial charge in [0.2, 0.25) is 17.7 Å². The predicted molar refractivity (Wildman–Crippen MR) is 158 cm³/mol. The molecule has 2 heterocycles. The van der Waals surface area contributed by atoms with Crippen LogP contribution in [0.2, 0.25) is 0 Å². The number of aromatic amines is 1. The number of likely N-dealkylation sites (N-methyl/N-ethyl adjacent to an activating group) is 1. The summed E-state index contributed by atoms with van der Waals surface area (Å²) in [6, 6.07) is 3.66. The highest BCUT2D eigenvalue weighted by molar-refractivity contribution is 5.97. The maximum absolute atomic E-state index is 14.0. The second-order valence-electron chi connectivity index (χ2n) is 10.2. The summed E-state index contributed by atoms with van der Waals surface area (Å²) in [7, 11) is 1.40. The number of H-pyrrole nitrogens is 1. The summed E-state index contributed by atoms with van der Waals surface area (Å²) in [6.07, 6.45) is 5.34. The van der Waals surface area contributed by atoms with Crippen LogP contribution in [0.15, 0.2) is 59.5 Å². The highest BCUT2D eigenvalue weighted by Gasteiger charge is 2.34. The van der Waals surface area contributed by atoms with Crippen LogP contribution in [0.4, 0.5) is 4.39 Å². The van der Waals surface area contributed by atoms with E-state index in [4.69, 9.17) is 15.0 Å². The van der Waals surface area contributed by atoms with Gasteiger partial charge in [-0.2, -0.15) is 0 Å². The number of nitrogens with two attached hydrogens (primary N) is 1. The Bertz CT molecular complexity index is 1490. The molecule has 45 heavy (non-hydrogen) atoms. The van der Waals surface area contributed by atoms with Crippen LogP contribution in [0.5, 0.6) is 0 Å². The van der Waals surface area contributed by atoms with Crippen molar-refractivity contribution in [2.75, 3.05) is 13.7 Å². The van der Waals surface area contributed by atoms with E-state index in [1.54, 1.807) is 13.8 Å². The fourth-order valence-electron chi connectivity index (χ4n) is 4.35. The molecule has 0 aliphatic carbocycles. The van der Waals surface area contributed by atoms with Gasteiger partial charge in [0.15, 0.2) is 5.69 Å². The molecule has 3 rings (SSSR count). The van der Waals surface area contributed by atoms with Crippen molar-refractivity contribution in [3.63, 3.8) is 0 Å². The Morgan fingerprint density at radius 2 is 1.89 bits per heavy atom. The Morgan fingerprint density at radius 1 is 1.16 bits per heavy atom. The molecule has 4 amide bonds. The van der Waals surface area contributed by atoms with E-state index in [9.17, 15) is 28.4 Å². The number of hydrogen-bond acceptors (Lipinski definition) is 9. The fourth-order valence-corrected chi connectivity index (χ4v) is 4.35. The number of benzene rings is 1. The van der Waals surface area contributed by atoms with E-state index in [2.05, 4.69) is 25.8 Å². The molecule has 240 valence electrons. The Morgan fingerprint density at radius 3 is 2.49 bits per heavy atom. The molecule has 1 aromatic carbocycles. The largest absolute Gasteiger partial charge is 0.463 e. The van der Waals surface area contributed by atoms with Gasteiger partial charge in [0.25, 0.3) is 5.91 Å². The van der Waals surface area contributed by atoms with Crippen molar-refractivity contribution in [3.8, 4) is 0 Å². The summed E-state index contributed by atoms with van der Waals surface area (Å²) in [5, 5.41) is 9.11. The summed E-state index contributed by atoms with van der Waals surface area (Å²) in [4.78, 5) is 72.2. The Kier molecular flexibility index (Phi) is 12.5. The first-order chi connectivity index (χ1) is 21.5. The third kappa shape index (κ3) is 10.7. The molecule has 14 nitrogen and oxygen atoms in total. The van der Waals surface area contributed by atoms with Gasteiger partial charge in [-0.25, -0.2) is 14.2 Å². The minimum Gasteiger partial charge on any atom is -0.463 e. The molecule has 0 aliphatic rings. The molecule has 5 N–H and O–H groups in total. The first-order valence-electron chi connectivity index (χ1n) is 14.1. The third-order valence-electron chi connectivity index (χ3n) is 6.68. The monoisotopic (exact) mass is 625 g/mol. The van der Waals surface area contributed by atoms with Crippen LogP contribution in [0.3, 0.4) is 0 Å². The average Bonchev–Trinajstić information content (AvgIpc) is 3.69. The number of rotatable bonds is 16. The number of ether oxygens (including phenoxy) is 1. The van der Waals surface area contributed by atoms with Crippen LogP contribution in [0, 0.1) is 12.7 Å². The lowest BCUT2D eigenvalue weighted by molar-refractivity contribution is -0.140. The van der Waals surface area contributed by atoms with Gasteiger partial charge in [-0.05, 0) is 38.0 Å². The van der Waals surface area contributed by atoms with Crippen LogP contribution < -0.4 is 16.4 Å². The van der Waals surface area contributed by atoms with Crippen molar-refractivity contribution in [1.82, 2.24) is 30.7 Å². The van der Waals surface area contributed by atoms with E-state index in [1.165, 1.54) is 60.9 Å². The summed E-state index contributed by atoms with van der Waals surface area (Å²) >= 11 is 0. The van der Waals surface area contributed by atoms with Crippen LogP contribution in [0.25, 0.3) is 0 Å². The van der Waals surface area contributed by atoms with Gasteiger partial charge in [-0.3, -0.25) is 19.2 Å². The van der Waals surface area contributed by atoms with Gasteiger partial charge >= 0.3 is 5.97 Å². The number of nitrogens with zero attached hydrogens (tertiary/aromatic N) is 3. The fraction of sp³-hybridized carbons (Fsp3) is 0.367. The molecule has 0 saturated heterocycles. The number of imidazole rings is 1. The lowest BCUT2D eigenvalue weighted by Crippen LogP contribution is -2.56. The number of hydrogen-bond donors (Lipinski definition) is 4. The minimum absolute atomic E-state index is 0.000147. The highest BCUT2D eigenvalue weighted by atomic mass is 19.1. The molecule has 3 aromatic rings. The lowest BCUT2D eigenvalue weighted by Gasteiger charge is -2.32. The molecule has 0 aliphatic heterocycles. The molecule has 0 spiro atoms. The molecule has 3 atom stereocenters. The second-order valence-corrected chi connectivity index (χ2v) is 10.2. The standard InChI is InChI=1S/C30H36FN7O7/c1-4-44-27(40)12-10-21(9-11-26(32)39)35-29(42)25(14-19-5-7-20(31)8-6-19)38(3)30(43)24(15-22-16-33-17-34-22)36-28(41)23-13-18(2)45-37-23/h5-8,10,12-13,16-17,21,24-25H,4,9,11,14-15H2,1-3H3,(H2,32,39)(H,33,34)(H,35,42)(H,36,41)/t21-,24-,25-/m0/s1. The smallest absolute Gasteiger partial charge is 0.330 e. The predicted octanol–water partition coefficient (Wildman–Crippen LogP) is 1.13. The molecule has 0 bridgehead atoms. The van der Waals surface area contributed by atoms with Gasteiger partial charge in [0, 0.05) is 56.4 Å². The SMILES string of the molecule is CCOC(=O)C=C[C@H](CCC(N)=O)NC(=O)[C@H](Cc1ccc(F)cc1)N(C)C(=O)[C@H](Cc1cnc[nH]1)NC(=O)c1cc(C)on1. The zero-order valence-electron chi connectivity index (χ0n) is 25.1. The molecule has 0 saturated carbocycles. The van der Waals surface area contributed by atoms with E-state index in [1.807, 2.05) is 0 Å². The van der Waals surface area contributed by atoms with Crippen molar-refractivity contribution < 1.29 is 37.6 Å². The molecular weight excluding hydrogens is 589 g/mol. The number of amides is 4. The summed E-state index contributed by atoms with van der Waals surface area (Å²) in [5.74, 6) is -3.29. The number of carbonyl (C=O) groups excluding carboxylic acids is 5. The molecule has 2 aromatic heterocycles. The molecule has 15 heteroatoms. The number of halogens is 1. The van der Waals surface area contributed by atoms with E-state index in [0.717, 1.165) is 6.08 Å². The number of primary amides is 1. The molecule has 0 fully saturated rings. The maximum Gasteiger partial charge on any atom is 0.330 e. The van der Waals surface area contributed by atoms with Crippen molar-refractivity contribution >= 4 is 29.6 Å². The second kappa shape index (κ2) is 16.5. The van der Waals surface area contributed by atoms with Crippen LogP contribution in [-0.4, -0.2) is 81.4 Å². The van der Waals surface area contributed by atoms with E-state index in [-0.39, 0.29) is 38.0 Å². The van der Waals surface area contributed by atoms with Crippen molar-refractivity contribution in [3.05, 3.63) is 83.5 Å². The Hall–Kier alpha value is -5.34. The average molecular weight is 626 g/mol. The topological polar surface area (TPSA) is 203 Å². The van der Waals surface area contributed by atoms with Crippen molar-refractivity contribution in [2.24, 2.45) is 5.73 Å². The zero-order valence-corrected chi connectivity index (χ0v) is 25.1. The van der Waals surface area contributed by atoms with Gasteiger partial charge in [-0.15, -0.1) is 0 Å². The normalized spacial score (nSPS) is 13.1. The van der Waals surface area contributed by atoms with Crippen LogP contribution in [-0.2, 0) is 36.8 Å². The first kappa shape index (κ1) is 34.2. The van der Waals surface area contributed by atoms with Crippen LogP contribution in [0.1, 0.15) is 47.3 Å². The molecular formula is C30H36FN7O7. The number of nitrogens with one attached hydrogen (secondary N) is 3. The van der Waals surface area contributed by atoms with E-state index >= 15 is 0 Å². The number of carbonyl (C=O) groups is 5. The van der Waals surface area contributed by atoms with E-state index in [0.29, 0.717) is 17.0 Å². The van der Waals surface area contributed by atoms with Crippen molar-refractivity contribution in [2.45, 2.75) is 57.7 Å². The van der Waals surface area contributed by atoms with E-state index < -0.39 is 53.5 Å². The number of aromatic nitrogens is 3. The quantitative estimate of drug-likeness (QED) is 0.133. The summed E-state index contributed by atoms with van der Waals surface area (Å²) < 4.78 is 23.5. The maximum atomic E-state index is 14.0. The number of aryl methyl sites for hydroxylation is 1. The highest BCUT2D eigenvalue weighted by Crippen LogP contribution is 2.14. The summed E-state index contributed by atoms with van der Waals surface area (Å²) in [5.41, 5.74) is 6.34. The minimum atomic E-state index is -1.18. The third-order valence-corrected chi connectivity index (χ3v) is 6.68.